The molecule has 0 spiro atoms. The van der Waals surface area contributed by atoms with E-state index in [1.165, 1.54) is 11.3 Å². The number of benzene rings is 2. The van der Waals surface area contributed by atoms with Crippen molar-refractivity contribution in [2.24, 2.45) is 0 Å². The van der Waals surface area contributed by atoms with Crippen LogP contribution in [0.2, 0.25) is 0 Å². The number of nitrogens with one attached hydrogen (secondary N) is 1. The highest BCUT2D eigenvalue weighted by Crippen LogP contribution is 2.37. The minimum Gasteiger partial charge on any atom is -0.505 e. The van der Waals surface area contributed by atoms with Gasteiger partial charge in [-0.15, -0.1) is 11.3 Å². The molecule has 2 N–H and O–H groups in total. The first-order valence-electron chi connectivity index (χ1n) is 8.55. The van der Waals surface area contributed by atoms with Gasteiger partial charge >= 0.3 is 0 Å². The van der Waals surface area contributed by atoms with E-state index in [0.29, 0.717) is 5.52 Å². The summed E-state index contributed by atoms with van der Waals surface area (Å²) in [6.45, 7) is 1.92. The van der Waals surface area contributed by atoms with E-state index in [-0.39, 0.29) is 11.8 Å². The van der Waals surface area contributed by atoms with E-state index in [9.17, 15) is 5.11 Å². The van der Waals surface area contributed by atoms with Crippen molar-refractivity contribution < 1.29 is 9.84 Å². The Kier molecular flexibility index (Phi) is 4.64. The lowest BCUT2D eigenvalue weighted by atomic mass is 9.96. The highest BCUT2D eigenvalue weighted by molar-refractivity contribution is 7.13. The minimum absolute atomic E-state index is 0.182. The van der Waals surface area contributed by atoms with Gasteiger partial charge in [-0.1, -0.05) is 30.3 Å². The molecule has 2 aromatic heterocycles. The number of phenolic OH excluding ortho intramolecular Hbond substituents is 1. The lowest BCUT2D eigenvalue weighted by molar-refractivity contribution is 0.414. The number of nitrogens with zero attached hydrogens (tertiary/aromatic N) is 2. The Balaban J connectivity index is 1.84. The number of aromatic hydroxyl groups is 1. The summed E-state index contributed by atoms with van der Waals surface area (Å²) in [7, 11) is 1.64. The standard InChI is InChI=1S/C21H19N3O2S/c1-13-3-4-15-7-10-17(20(25)19(15)23-13)18(24-21-22-11-12-27-21)14-5-8-16(26-2)9-6-14/h3-12,18,25H,1-2H3,(H,22,24)/t18-/m1/s1. The van der Waals surface area contributed by atoms with Crippen LogP contribution in [0.3, 0.4) is 0 Å². The molecule has 2 aromatic carbocycles. The highest BCUT2D eigenvalue weighted by Gasteiger charge is 2.21. The zero-order valence-corrected chi connectivity index (χ0v) is 15.8. The van der Waals surface area contributed by atoms with Gasteiger partial charge in [-0.2, -0.15) is 0 Å². The second kappa shape index (κ2) is 7.25. The van der Waals surface area contributed by atoms with E-state index in [2.05, 4.69) is 15.3 Å². The number of phenols is 1. The smallest absolute Gasteiger partial charge is 0.183 e. The maximum absolute atomic E-state index is 11.0. The number of pyridine rings is 1. The van der Waals surface area contributed by atoms with Crippen molar-refractivity contribution in [3.63, 3.8) is 0 Å². The van der Waals surface area contributed by atoms with Gasteiger partial charge in [-0.3, -0.25) is 0 Å². The van der Waals surface area contributed by atoms with Gasteiger partial charge in [0.2, 0.25) is 0 Å². The highest BCUT2D eigenvalue weighted by atomic mass is 32.1. The molecule has 0 aliphatic carbocycles. The van der Waals surface area contributed by atoms with Crippen LogP contribution in [0, 0.1) is 6.92 Å². The fraction of sp³-hybridized carbons (Fsp3) is 0.143. The van der Waals surface area contributed by atoms with Crippen LogP contribution in [-0.2, 0) is 0 Å². The molecule has 1 atom stereocenters. The zero-order chi connectivity index (χ0) is 18.8. The van der Waals surface area contributed by atoms with Crippen molar-refractivity contribution in [1.82, 2.24) is 9.97 Å². The second-order valence-electron chi connectivity index (χ2n) is 6.22. The first-order chi connectivity index (χ1) is 13.2. The monoisotopic (exact) mass is 377 g/mol. The van der Waals surface area contributed by atoms with E-state index in [4.69, 9.17) is 4.74 Å². The molecule has 4 rings (SSSR count). The molecule has 4 aromatic rings. The van der Waals surface area contributed by atoms with E-state index < -0.39 is 0 Å². The van der Waals surface area contributed by atoms with Crippen molar-refractivity contribution in [1.29, 1.82) is 0 Å². The Morgan fingerprint density at radius 3 is 2.56 bits per heavy atom. The summed E-state index contributed by atoms with van der Waals surface area (Å²) in [5.41, 5.74) is 3.21. The van der Waals surface area contributed by atoms with Gasteiger partial charge in [0.15, 0.2) is 5.13 Å². The second-order valence-corrected chi connectivity index (χ2v) is 7.11. The van der Waals surface area contributed by atoms with Gasteiger partial charge in [-0.25, -0.2) is 9.97 Å². The summed E-state index contributed by atoms with van der Waals surface area (Å²) in [5, 5.41) is 18.0. The Labute approximate surface area is 161 Å². The summed E-state index contributed by atoms with van der Waals surface area (Å²) >= 11 is 1.52. The molecule has 5 nitrogen and oxygen atoms in total. The number of thiazole rings is 1. The van der Waals surface area contributed by atoms with Crippen LogP contribution in [0.4, 0.5) is 5.13 Å². The Morgan fingerprint density at radius 1 is 1.07 bits per heavy atom. The van der Waals surface area contributed by atoms with Crippen LogP contribution >= 0.6 is 11.3 Å². The third-order valence-corrected chi connectivity index (χ3v) is 5.17. The number of methoxy groups -OCH3 is 1. The molecule has 0 saturated heterocycles. The van der Waals surface area contributed by atoms with Crippen molar-refractivity contribution in [2.75, 3.05) is 12.4 Å². The first-order valence-corrected chi connectivity index (χ1v) is 9.43. The predicted octanol–water partition coefficient (Wildman–Crippen LogP) is 4.92. The van der Waals surface area contributed by atoms with Crippen LogP contribution in [0.1, 0.15) is 22.9 Å². The Bertz CT molecular complexity index is 1060. The maximum atomic E-state index is 11.0. The van der Waals surface area contributed by atoms with Gasteiger partial charge in [0, 0.05) is 28.2 Å². The van der Waals surface area contributed by atoms with Gasteiger partial charge in [0.1, 0.15) is 17.0 Å². The molecule has 6 heteroatoms. The number of aryl methyl sites for hydroxylation is 1. The van der Waals surface area contributed by atoms with E-state index in [1.807, 2.05) is 60.8 Å². The summed E-state index contributed by atoms with van der Waals surface area (Å²) in [6.07, 6.45) is 1.75. The van der Waals surface area contributed by atoms with Crippen molar-refractivity contribution in [2.45, 2.75) is 13.0 Å². The number of rotatable bonds is 5. The molecular weight excluding hydrogens is 358 g/mol. The molecule has 0 saturated carbocycles. The van der Waals surface area contributed by atoms with Gasteiger partial charge in [0.05, 0.1) is 13.2 Å². The molecule has 2 heterocycles. The van der Waals surface area contributed by atoms with E-state index in [0.717, 1.165) is 33.1 Å². The molecule has 0 amide bonds. The van der Waals surface area contributed by atoms with Gasteiger partial charge in [-0.05, 0) is 30.7 Å². The number of hydrogen-bond donors (Lipinski definition) is 2. The fourth-order valence-electron chi connectivity index (χ4n) is 3.08. The third kappa shape index (κ3) is 3.44. The molecular formula is C21H19N3O2S. The normalized spacial score (nSPS) is 12.1. The Hall–Kier alpha value is -3.12. The van der Waals surface area contributed by atoms with Crippen molar-refractivity contribution in [3.8, 4) is 11.5 Å². The molecule has 0 aliphatic heterocycles. The predicted molar refractivity (Wildman–Crippen MR) is 109 cm³/mol. The molecule has 136 valence electrons. The SMILES string of the molecule is COc1ccc([C@@H](Nc2nccs2)c2ccc3ccc(C)nc3c2O)cc1. The largest absolute Gasteiger partial charge is 0.505 e. The number of fused-ring (bicyclic) bond motifs is 1. The molecule has 0 unspecified atom stereocenters. The van der Waals surface area contributed by atoms with Crippen LogP contribution in [-0.4, -0.2) is 22.2 Å². The van der Waals surface area contributed by atoms with Crippen LogP contribution in [0.15, 0.2) is 60.1 Å². The number of hydrogen-bond acceptors (Lipinski definition) is 6. The summed E-state index contributed by atoms with van der Waals surface area (Å²) in [6, 6.07) is 15.3. The average molecular weight is 377 g/mol. The maximum Gasteiger partial charge on any atom is 0.183 e. The zero-order valence-electron chi connectivity index (χ0n) is 15.0. The Morgan fingerprint density at radius 2 is 1.85 bits per heavy atom. The van der Waals surface area contributed by atoms with Gasteiger partial charge < -0.3 is 15.2 Å². The summed E-state index contributed by atoms with van der Waals surface area (Å²) < 4.78 is 5.26. The summed E-state index contributed by atoms with van der Waals surface area (Å²) in [4.78, 5) is 8.86. The fourth-order valence-corrected chi connectivity index (χ4v) is 3.63. The average Bonchev–Trinajstić information content (AvgIpc) is 3.21. The first kappa shape index (κ1) is 17.3. The lowest BCUT2D eigenvalue weighted by Crippen LogP contribution is -2.12. The molecule has 0 aliphatic rings. The molecule has 27 heavy (non-hydrogen) atoms. The number of anilines is 1. The number of aromatic nitrogens is 2. The lowest BCUT2D eigenvalue weighted by Gasteiger charge is -2.21. The summed E-state index contributed by atoms with van der Waals surface area (Å²) in [5.74, 6) is 0.966. The van der Waals surface area contributed by atoms with E-state index in [1.54, 1.807) is 13.3 Å². The van der Waals surface area contributed by atoms with Crippen LogP contribution < -0.4 is 10.1 Å². The molecule has 0 fully saturated rings. The third-order valence-electron chi connectivity index (χ3n) is 4.47. The van der Waals surface area contributed by atoms with Crippen LogP contribution in [0.5, 0.6) is 11.5 Å². The quantitative estimate of drug-likeness (QED) is 0.517. The van der Waals surface area contributed by atoms with E-state index >= 15 is 0 Å². The van der Waals surface area contributed by atoms with Crippen LogP contribution in [0.25, 0.3) is 10.9 Å². The molecule has 0 bridgehead atoms. The minimum atomic E-state index is -0.270. The molecule has 0 radical (unpaired) electrons. The van der Waals surface area contributed by atoms with Crippen molar-refractivity contribution >= 4 is 27.4 Å². The van der Waals surface area contributed by atoms with Crippen molar-refractivity contribution in [3.05, 3.63) is 76.9 Å². The number of ether oxygens (including phenoxy) is 1. The van der Waals surface area contributed by atoms with Gasteiger partial charge in [0.25, 0.3) is 0 Å². The topological polar surface area (TPSA) is 67.3 Å².